The molecule has 182 valence electrons. The lowest BCUT2D eigenvalue weighted by atomic mass is 9.98. The summed E-state index contributed by atoms with van der Waals surface area (Å²) in [7, 11) is -8.82. The van der Waals surface area contributed by atoms with Gasteiger partial charge in [0.05, 0.1) is 28.9 Å². The number of hydrogen-bond donors (Lipinski definition) is 5. The number of H-pyrrole nitrogens is 1. The van der Waals surface area contributed by atoms with Crippen molar-refractivity contribution in [1.29, 1.82) is 0 Å². The van der Waals surface area contributed by atoms with Crippen molar-refractivity contribution in [2.45, 2.75) is 15.8 Å². The van der Waals surface area contributed by atoms with Crippen molar-refractivity contribution < 1.29 is 22.2 Å². The van der Waals surface area contributed by atoms with Gasteiger partial charge in [0.1, 0.15) is 9.79 Å². The van der Waals surface area contributed by atoms with Crippen LogP contribution in [0.15, 0.2) is 40.1 Å². The first-order valence-corrected chi connectivity index (χ1v) is 14.4. The van der Waals surface area contributed by atoms with Crippen molar-refractivity contribution in [3.8, 4) is 22.5 Å². The van der Waals surface area contributed by atoms with Gasteiger partial charge in [0.2, 0.25) is 25.9 Å². The number of quaternary nitrogens is 1. The van der Waals surface area contributed by atoms with Gasteiger partial charge in [-0.2, -0.15) is 5.21 Å². The lowest BCUT2D eigenvalue weighted by molar-refractivity contribution is -0.644. The molecule has 2 aromatic heterocycles. The first-order chi connectivity index (χ1) is 16.6. The zero-order valence-corrected chi connectivity index (χ0v) is 20.4. The van der Waals surface area contributed by atoms with E-state index in [2.05, 4.69) is 35.6 Å². The van der Waals surface area contributed by atoms with Gasteiger partial charge in [-0.15, -0.1) is 10.2 Å². The Labute approximate surface area is 203 Å². The summed E-state index contributed by atoms with van der Waals surface area (Å²) < 4.78 is 56.2. The number of para-hydroxylation sites is 1. The van der Waals surface area contributed by atoms with E-state index in [1.54, 1.807) is 12.1 Å². The molecule has 0 amide bonds. The average molecular weight is 535 g/mol. The van der Waals surface area contributed by atoms with Crippen LogP contribution in [0.3, 0.4) is 0 Å². The van der Waals surface area contributed by atoms with E-state index < -0.39 is 29.8 Å². The number of anilines is 1. The number of nitrogens with zero attached hydrogens (tertiary/aromatic N) is 4. The van der Waals surface area contributed by atoms with Crippen LogP contribution in [0, 0.1) is 11.8 Å². The van der Waals surface area contributed by atoms with E-state index in [1.807, 2.05) is 6.07 Å². The second-order valence-electron chi connectivity index (χ2n) is 8.54. The van der Waals surface area contributed by atoms with Gasteiger partial charge in [-0.3, -0.25) is 0 Å². The molecule has 1 saturated carbocycles. The quantitative estimate of drug-likeness (QED) is 0.201. The van der Waals surface area contributed by atoms with Crippen LogP contribution in [0.5, 0.6) is 0 Å². The number of sulfonamides is 2. The Morgan fingerprint density at radius 1 is 1.09 bits per heavy atom. The predicted molar refractivity (Wildman–Crippen MR) is 127 cm³/mol. The van der Waals surface area contributed by atoms with Crippen molar-refractivity contribution in [3.63, 3.8) is 0 Å². The molecule has 1 aliphatic heterocycles. The van der Waals surface area contributed by atoms with Crippen LogP contribution in [-0.4, -0.2) is 61.6 Å². The molecule has 0 bridgehead atoms. The van der Waals surface area contributed by atoms with Crippen LogP contribution in [0.25, 0.3) is 32.7 Å². The Kier molecular flexibility index (Phi) is 4.96. The number of primary sulfonamides is 1. The maximum Gasteiger partial charge on any atom is 0.242 e. The minimum Gasteiger partial charge on any atom is -0.375 e. The van der Waals surface area contributed by atoms with E-state index in [4.69, 9.17) is 10.9 Å². The third kappa shape index (κ3) is 3.69. The molecule has 3 heterocycles. The number of nitrogen functional groups attached to an aromatic ring is 1. The number of piperidine rings is 1. The summed E-state index contributed by atoms with van der Waals surface area (Å²) in [6.45, 7) is 1.65. The first kappa shape index (κ1) is 22.4. The Morgan fingerprint density at radius 3 is 2.54 bits per heavy atom. The van der Waals surface area contributed by atoms with Crippen LogP contribution in [0.4, 0.5) is 5.13 Å². The topological polar surface area (TPSA) is 216 Å². The molecule has 0 radical (unpaired) electrons. The lowest BCUT2D eigenvalue weighted by Crippen LogP contribution is -2.83. The molecule has 0 spiro atoms. The second-order valence-corrected chi connectivity index (χ2v) is 12.8. The van der Waals surface area contributed by atoms with Gasteiger partial charge >= 0.3 is 0 Å². The van der Waals surface area contributed by atoms with Crippen LogP contribution in [0.2, 0.25) is 0 Å². The van der Waals surface area contributed by atoms with Crippen molar-refractivity contribution in [2.24, 2.45) is 17.0 Å². The minimum atomic E-state index is -4.58. The van der Waals surface area contributed by atoms with E-state index >= 15 is 0 Å². The molecule has 2 unspecified atom stereocenters. The van der Waals surface area contributed by atoms with Gasteiger partial charge in [-0.25, -0.2) is 31.7 Å². The molecule has 8 N–H and O–H groups in total. The highest BCUT2D eigenvalue weighted by Gasteiger charge is 2.58. The second kappa shape index (κ2) is 7.74. The van der Waals surface area contributed by atoms with Gasteiger partial charge in [0.25, 0.3) is 0 Å². The van der Waals surface area contributed by atoms with Crippen molar-refractivity contribution in [1.82, 2.24) is 30.3 Å². The fraction of sp³-hybridized carbons (Fsp3) is 0.263. The van der Waals surface area contributed by atoms with Gasteiger partial charge in [-0.1, -0.05) is 29.5 Å². The molecule has 2 atom stereocenters. The van der Waals surface area contributed by atoms with Crippen LogP contribution < -0.4 is 20.9 Å². The summed E-state index contributed by atoms with van der Waals surface area (Å²) in [5.74, 6) is 0.331. The summed E-state index contributed by atoms with van der Waals surface area (Å²) in [6.07, 6.45) is 0. The number of aromatic amines is 1. The molecule has 1 saturated heterocycles. The monoisotopic (exact) mass is 534 g/mol. The van der Waals surface area contributed by atoms with Crippen LogP contribution >= 0.6 is 11.3 Å². The SMILES string of the molecule is Nc1nc2c(-c3ccc(S(=O)(=O)NC4C5C[NH2+]CC54)c(S(N)(=O)=O)c3-c3nn[nH]n3)cccc2s1. The molecule has 2 aliphatic rings. The molecular weight excluding hydrogens is 514 g/mol. The Balaban J connectivity index is 1.61. The molecule has 13 nitrogen and oxygen atoms in total. The normalized spacial score (nSPS) is 21.9. The number of thiazole rings is 1. The summed E-state index contributed by atoms with van der Waals surface area (Å²) in [5, 5.41) is 21.8. The number of nitrogens with two attached hydrogens (primary N) is 3. The van der Waals surface area contributed by atoms with E-state index in [1.165, 1.54) is 23.5 Å². The largest absolute Gasteiger partial charge is 0.375 e. The average Bonchev–Trinajstić information content (AvgIpc) is 3.33. The lowest BCUT2D eigenvalue weighted by Gasteiger charge is -2.17. The third-order valence-electron chi connectivity index (χ3n) is 6.49. The maximum absolute atomic E-state index is 13.4. The Hall–Kier alpha value is -3.02. The number of hydrogen-bond acceptors (Lipinski definition) is 10. The van der Waals surface area contributed by atoms with Crippen molar-refractivity contribution >= 4 is 46.7 Å². The van der Waals surface area contributed by atoms with Crippen LogP contribution in [-0.2, 0) is 20.0 Å². The Morgan fingerprint density at radius 2 is 1.86 bits per heavy atom. The zero-order valence-electron chi connectivity index (χ0n) is 17.9. The number of tetrazole rings is 1. The zero-order chi connectivity index (χ0) is 24.5. The number of fused-ring (bicyclic) bond motifs is 2. The van der Waals surface area contributed by atoms with Crippen molar-refractivity contribution in [3.05, 3.63) is 30.3 Å². The van der Waals surface area contributed by atoms with E-state index in [0.717, 1.165) is 17.8 Å². The summed E-state index contributed by atoms with van der Waals surface area (Å²) in [5.41, 5.74) is 7.18. The van der Waals surface area contributed by atoms with E-state index in [9.17, 15) is 16.8 Å². The predicted octanol–water partition coefficient (Wildman–Crippen LogP) is -1.16. The highest BCUT2D eigenvalue weighted by Crippen LogP contribution is 2.43. The number of aromatic nitrogens is 5. The Bertz CT molecular complexity index is 1670. The highest BCUT2D eigenvalue weighted by atomic mass is 32.2. The van der Waals surface area contributed by atoms with E-state index in [0.29, 0.717) is 21.8 Å². The van der Waals surface area contributed by atoms with Gasteiger partial charge in [0, 0.05) is 23.4 Å². The van der Waals surface area contributed by atoms with Crippen molar-refractivity contribution in [2.75, 3.05) is 18.8 Å². The standard InChI is InChI=1S/C19H19N9O4S3/c20-19-23-16-9(2-1-3-12(16)33-19)8-4-5-13(35(31,32)26-15-10-6-22-7-11(10)15)17(34(21,29)30)14(8)18-24-27-28-25-18/h1-5,10-11,15,22,26H,6-7H2,(H2,20,23)(H2,21,29,30)(H,24,25,27,28)/p+1. The smallest absolute Gasteiger partial charge is 0.242 e. The molecule has 1 aliphatic carbocycles. The summed E-state index contributed by atoms with van der Waals surface area (Å²) in [4.78, 5) is 3.29. The molecule has 16 heteroatoms. The molecule has 35 heavy (non-hydrogen) atoms. The third-order valence-corrected chi connectivity index (χ3v) is 9.96. The highest BCUT2D eigenvalue weighted by molar-refractivity contribution is 7.92. The molecule has 2 aromatic carbocycles. The number of rotatable bonds is 6. The maximum atomic E-state index is 13.4. The minimum absolute atomic E-state index is 0.0903. The summed E-state index contributed by atoms with van der Waals surface area (Å²) >= 11 is 1.27. The summed E-state index contributed by atoms with van der Waals surface area (Å²) in [6, 6.07) is 7.82. The first-order valence-electron chi connectivity index (χ1n) is 10.6. The van der Waals surface area contributed by atoms with Gasteiger partial charge in [0.15, 0.2) is 5.13 Å². The van der Waals surface area contributed by atoms with Gasteiger partial charge in [-0.05, 0) is 22.9 Å². The number of benzene rings is 2. The molecule has 4 aromatic rings. The molecular formula is C19H20N9O4S3+. The number of nitrogens with one attached hydrogen (secondary N) is 2. The fourth-order valence-electron chi connectivity index (χ4n) is 4.94. The van der Waals surface area contributed by atoms with Gasteiger partial charge < -0.3 is 11.1 Å². The molecule has 6 rings (SSSR count). The van der Waals surface area contributed by atoms with Crippen LogP contribution in [0.1, 0.15) is 0 Å². The fourth-order valence-corrected chi connectivity index (χ4v) is 8.64. The molecule has 2 fully saturated rings. The van der Waals surface area contributed by atoms with E-state index in [-0.39, 0.29) is 29.3 Å².